The number of hydrogen-bond acceptors (Lipinski definition) is 3. The highest BCUT2D eigenvalue weighted by atomic mass is 16.4. The monoisotopic (exact) mass is 248 g/mol. The quantitative estimate of drug-likeness (QED) is 0.831. The average Bonchev–Trinajstić information content (AvgIpc) is 2.72. The SMILES string of the molecule is CC(N)(CCCN1CCc2ccccc21)C(=O)O. The molecule has 2 rings (SSSR count). The van der Waals surface area contributed by atoms with Gasteiger partial charge in [-0.05, 0) is 37.8 Å². The van der Waals surface area contributed by atoms with E-state index in [0.717, 1.165) is 25.9 Å². The Bertz CT molecular complexity index is 443. The Hall–Kier alpha value is -1.55. The number of carboxylic acids is 1. The van der Waals surface area contributed by atoms with Gasteiger partial charge in [0.05, 0.1) is 0 Å². The minimum atomic E-state index is -1.11. The molecule has 0 aliphatic carbocycles. The highest BCUT2D eigenvalue weighted by molar-refractivity contribution is 5.77. The van der Waals surface area contributed by atoms with E-state index in [4.69, 9.17) is 10.8 Å². The van der Waals surface area contributed by atoms with E-state index in [9.17, 15) is 4.79 Å². The molecule has 1 aromatic rings. The van der Waals surface area contributed by atoms with Crippen LogP contribution in [0.25, 0.3) is 0 Å². The fourth-order valence-corrected chi connectivity index (χ4v) is 2.38. The third-order valence-electron chi connectivity index (χ3n) is 3.60. The van der Waals surface area contributed by atoms with Gasteiger partial charge in [0.2, 0.25) is 0 Å². The van der Waals surface area contributed by atoms with Crippen molar-refractivity contribution in [3.63, 3.8) is 0 Å². The minimum absolute atomic E-state index is 0.501. The molecule has 0 radical (unpaired) electrons. The molecule has 3 N–H and O–H groups in total. The molecule has 1 aliphatic rings. The smallest absolute Gasteiger partial charge is 0.323 e. The standard InChI is InChI=1S/C14H20N2O2/c1-14(15,13(17)18)8-4-9-16-10-7-11-5-2-3-6-12(11)16/h2-3,5-6H,4,7-10,15H2,1H3,(H,17,18). The van der Waals surface area contributed by atoms with Gasteiger partial charge < -0.3 is 15.7 Å². The van der Waals surface area contributed by atoms with Crippen molar-refractivity contribution >= 4 is 11.7 Å². The van der Waals surface area contributed by atoms with Crippen molar-refractivity contribution in [2.75, 3.05) is 18.0 Å². The molecule has 0 saturated carbocycles. The second-order valence-electron chi connectivity index (χ2n) is 5.19. The molecule has 0 saturated heterocycles. The molecule has 0 amide bonds. The zero-order valence-corrected chi connectivity index (χ0v) is 10.7. The number of nitrogens with two attached hydrogens (primary N) is 1. The molecule has 4 nitrogen and oxygen atoms in total. The third-order valence-corrected chi connectivity index (χ3v) is 3.60. The van der Waals surface area contributed by atoms with E-state index in [1.165, 1.54) is 11.3 Å². The lowest BCUT2D eigenvalue weighted by atomic mass is 9.97. The number of aliphatic carboxylic acids is 1. The largest absolute Gasteiger partial charge is 0.480 e. The van der Waals surface area contributed by atoms with Gasteiger partial charge in [0.15, 0.2) is 0 Å². The summed E-state index contributed by atoms with van der Waals surface area (Å²) in [6.07, 6.45) is 2.38. The molecule has 1 unspecified atom stereocenters. The number of benzene rings is 1. The Kier molecular flexibility index (Phi) is 3.57. The zero-order valence-electron chi connectivity index (χ0n) is 10.7. The number of hydrogen-bond donors (Lipinski definition) is 2. The van der Waals surface area contributed by atoms with E-state index in [2.05, 4.69) is 23.1 Å². The van der Waals surface area contributed by atoms with Crippen LogP contribution in [-0.2, 0) is 11.2 Å². The molecule has 1 aromatic carbocycles. The van der Waals surface area contributed by atoms with E-state index >= 15 is 0 Å². The van der Waals surface area contributed by atoms with Gasteiger partial charge >= 0.3 is 5.97 Å². The summed E-state index contributed by atoms with van der Waals surface area (Å²) in [7, 11) is 0. The predicted octanol–water partition coefficient (Wildman–Crippen LogP) is 1.63. The first kappa shape index (κ1) is 12.9. The molecule has 18 heavy (non-hydrogen) atoms. The summed E-state index contributed by atoms with van der Waals surface area (Å²) in [5.74, 6) is -0.927. The summed E-state index contributed by atoms with van der Waals surface area (Å²) in [6.45, 7) is 3.47. The maximum atomic E-state index is 10.9. The third kappa shape index (κ3) is 2.64. The first-order valence-electron chi connectivity index (χ1n) is 6.36. The van der Waals surface area contributed by atoms with Crippen molar-refractivity contribution < 1.29 is 9.90 Å². The normalized spacial score (nSPS) is 17.3. The van der Waals surface area contributed by atoms with Crippen LogP contribution in [0.15, 0.2) is 24.3 Å². The molecule has 0 spiro atoms. The summed E-state index contributed by atoms with van der Waals surface area (Å²) in [5.41, 5.74) is 7.27. The fourth-order valence-electron chi connectivity index (χ4n) is 2.38. The van der Waals surface area contributed by atoms with Crippen molar-refractivity contribution in [3.8, 4) is 0 Å². The Morgan fingerprint density at radius 2 is 2.22 bits per heavy atom. The van der Waals surface area contributed by atoms with E-state index < -0.39 is 11.5 Å². The topological polar surface area (TPSA) is 66.6 Å². The Morgan fingerprint density at radius 3 is 2.94 bits per heavy atom. The number of para-hydroxylation sites is 1. The van der Waals surface area contributed by atoms with Crippen LogP contribution in [0.2, 0.25) is 0 Å². The van der Waals surface area contributed by atoms with Gasteiger partial charge in [0.25, 0.3) is 0 Å². The van der Waals surface area contributed by atoms with Gasteiger partial charge in [-0.25, -0.2) is 0 Å². The van der Waals surface area contributed by atoms with Crippen molar-refractivity contribution in [2.24, 2.45) is 5.73 Å². The summed E-state index contributed by atoms with van der Waals surface area (Å²) < 4.78 is 0. The fraction of sp³-hybridized carbons (Fsp3) is 0.500. The first-order valence-corrected chi connectivity index (χ1v) is 6.36. The molecule has 1 atom stereocenters. The van der Waals surface area contributed by atoms with Crippen LogP contribution in [0, 0.1) is 0 Å². The van der Waals surface area contributed by atoms with Crippen molar-refractivity contribution in [1.29, 1.82) is 0 Å². The molecular weight excluding hydrogens is 228 g/mol. The molecule has 1 heterocycles. The van der Waals surface area contributed by atoms with Crippen LogP contribution < -0.4 is 10.6 Å². The maximum Gasteiger partial charge on any atom is 0.323 e. The highest BCUT2D eigenvalue weighted by Gasteiger charge is 2.27. The highest BCUT2D eigenvalue weighted by Crippen LogP contribution is 2.27. The predicted molar refractivity (Wildman–Crippen MR) is 71.8 cm³/mol. The van der Waals surface area contributed by atoms with Crippen LogP contribution in [-0.4, -0.2) is 29.7 Å². The van der Waals surface area contributed by atoms with Gasteiger partial charge in [-0.15, -0.1) is 0 Å². The van der Waals surface area contributed by atoms with Gasteiger partial charge in [-0.3, -0.25) is 4.79 Å². The summed E-state index contributed by atoms with van der Waals surface area (Å²) in [4.78, 5) is 13.2. The number of carbonyl (C=O) groups is 1. The summed E-state index contributed by atoms with van der Waals surface area (Å²) in [5, 5.41) is 8.95. The van der Waals surface area contributed by atoms with Crippen LogP contribution in [0.4, 0.5) is 5.69 Å². The van der Waals surface area contributed by atoms with Crippen LogP contribution in [0.5, 0.6) is 0 Å². The van der Waals surface area contributed by atoms with Crippen LogP contribution >= 0.6 is 0 Å². The molecular formula is C14H20N2O2. The van der Waals surface area contributed by atoms with E-state index in [0.29, 0.717) is 6.42 Å². The van der Waals surface area contributed by atoms with Crippen molar-refractivity contribution in [1.82, 2.24) is 0 Å². The molecule has 1 aliphatic heterocycles. The second-order valence-corrected chi connectivity index (χ2v) is 5.19. The molecule has 0 fully saturated rings. The molecule has 0 bridgehead atoms. The van der Waals surface area contributed by atoms with E-state index in [-0.39, 0.29) is 0 Å². The Labute approximate surface area is 107 Å². The lowest BCUT2D eigenvalue weighted by molar-refractivity contribution is -0.142. The summed E-state index contributed by atoms with van der Waals surface area (Å²) in [6, 6.07) is 8.38. The number of rotatable bonds is 5. The van der Waals surface area contributed by atoms with Gasteiger partial charge in [0, 0.05) is 18.8 Å². The number of fused-ring (bicyclic) bond motifs is 1. The van der Waals surface area contributed by atoms with E-state index in [1.807, 2.05) is 6.07 Å². The maximum absolute atomic E-state index is 10.9. The minimum Gasteiger partial charge on any atom is -0.480 e. The Morgan fingerprint density at radius 1 is 1.50 bits per heavy atom. The van der Waals surface area contributed by atoms with Gasteiger partial charge in [-0.1, -0.05) is 18.2 Å². The Balaban J connectivity index is 1.88. The van der Waals surface area contributed by atoms with Crippen molar-refractivity contribution in [3.05, 3.63) is 29.8 Å². The molecule has 0 aromatic heterocycles. The molecule has 98 valence electrons. The number of anilines is 1. The first-order chi connectivity index (χ1) is 8.50. The lowest BCUT2D eigenvalue weighted by Crippen LogP contribution is -2.45. The molecule has 4 heteroatoms. The average molecular weight is 248 g/mol. The zero-order chi connectivity index (χ0) is 13.2. The van der Waals surface area contributed by atoms with E-state index in [1.54, 1.807) is 6.92 Å². The van der Waals surface area contributed by atoms with Crippen LogP contribution in [0.1, 0.15) is 25.3 Å². The number of nitrogens with zero attached hydrogens (tertiary/aromatic N) is 1. The van der Waals surface area contributed by atoms with Gasteiger partial charge in [0.1, 0.15) is 5.54 Å². The van der Waals surface area contributed by atoms with Gasteiger partial charge in [-0.2, -0.15) is 0 Å². The lowest BCUT2D eigenvalue weighted by Gasteiger charge is -2.23. The van der Waals surface area contributed by atoms with Crippen LogP contribution in [0.3, 0.4) is 0 Å². The second kappa shape index (κ2) is 4.98. The van der Waals surface area contributed by atoms with Crippen molar-refractivity contribution in [2.45, 2.75) is 31.7 Å². The summed E-state index contributed by atoms with van der Waals surface area (Å²) >= 11 is 0. The number of carboxylic acid groups (broad SMARTS) is 1.